The first-order chi connectivity index (χ1) is 8.35. The van der Waals surface area contributed by atoms with Crippen LogP contribution in [0.15, 0.2) is 0 Å². The highest BCUT2D eigenvalue weighted by atomic mass is 28.3. The Balaban J connectivity index is 3.56. The first-order valence-electron chi connectivity index (χ1n) is 7.28. The van der Waals surface area contributed by atoms with Crippen LogP contribution in [0, 0.1) is 0 Å². The van der Waals surface area contributed by atoms with Crippen LogP contribution in [0.4, 0.5) is 0 Å². The van der Waals surface area contributed by atoms with Gasteiger partial charge in [0.2, 0.25) is 0 Å². The third-order valence-electron chi connectivity index (χ3n) is 2.75. The Hall–Kier alpha value is 0.0969. The second kappa shape index (κ2) is 14.2. The summed E-state index contributed by atoms with van der Waals surface area (Å²) < 4.78 is 11.8. The largest absolute Gasteiger partial charge is 0.397 e. The maximum Gasteiger partial charge on any atom is 0.321 e. The molecule has 3 nitrogen and oxygen atoms in total. The van der Waals surface area contributed by atoms with Gasteiger partial charge in [-0.2, -0.15) is 0 Å². The molecular weight excluding hydrogens is 230 g/mol. The van der Waals surface area contributed by atoms with Gasteiger partial charge in [0, 0.05) is 13.2 Å². The van der Waals surface area contributed by atoms with Gasteiger partial charge in [0.05, 0.1) is 0 Å². The van der Waals surface area contributed by atoms with Crippen molar-refractivity contribution >= 4 is 9.28 Å². The van der Waals surface area contributed by atoms with Crippen LogP contribution in [0.3, 0.4) is 0 Å². The molecule has 0 aliphatic carbocycles. The molecule has 0 aliphatic heterocycles. The zero-order chi connectivity index (χ0) is 12.8. The van der Waals surface area contributed by atoms with Crippen molar-refractivity contribution in [3.8, 4) is 0 Å². The van der Waals surface area contributed by atoms with E-state index in [2.05, 4.69) is 13.8 Å². The van der Waals surface area contributed by atoms with E-state index in [0.717, 1.165) is 32.2 Å². The maximum absolute atomic E-state index is 5.89. The fourth-order valence-corrected chi connectivity index (χ4v) is 3.49. The van der Waals surface area contributed by atoms with E-state index >= 15 is 0 Å². The van der Waals surface area contributed by atoms with Crippen LogP contribution in [0.1, 0.15) is 58.8 Å². The summed E-state index contributed by atoms with van der Waals surface area (Å²) in [6, 6.07) is 1.06. The van der Waals surface area contributed by atoms with E-state index in [9.17, 15) is 0 Å². The summed E-state index contributed by atoms with van der Waals surface area (Å²) in [7, 11) is -1.42. The number of nitrogens with two attached hydrogens (primary N) is 1. The quantitative estimate of drug-likeness (QED) is 0.409. The molecule has 0 saturated heterocycles. The van der Waals surface area contributed by atoms with E-state index in [4.69, 9.17) is 14.6 Å². The van der Waals surface area contributed by atoms with Crippen LogP contribution in [-0.2, 0) is 8.85 Å². The minimum Gasteiger partial charge on any atom is -0.397 e. The normalized spacial score (nSPS) is 11.3. The van der Waals surface area contributed by atoms with Gasteiger partial charge in [-0.25, -0.2) is 0 Å². The van der Waals surface area contributed by atoms with Gasteiger partial charge in [-0.05, 0) is 31.9 Å². The molecule has 104 valence electrons. The molecule has 0 aromatic rings. The fraction of sp³-hybridized carbons (Fsp3) is 1.00. The Morgan fingerprint density at radius 1 is 0.824 bits per heavy atom. The standard InChI is InChI=1S/C13H31NO2Si/c1-3-5-7-11-15-17(13-9-10-14)16-12-8-6-4-2/h17H,3-14H2,1-2H3. The van der Waals surface area contributed by atoms with Crippen molar-refractivity contribution in [1.29, 1.82) is 0 Å². The number of rotatable bonds is 13. The van der Waals surface area contributed by atoms with Crippen molar-refractivity contribution in [2.75, 3.05) is 19.8 Å². The van der Waals surface area contributed by atoms with Crippen LogP contribution in [-0.4, -0.2) is 29.0 Å². The monoisotopic (exact) mass is 261 g/mol. The van der Waals surface area contributed by atoms with Crippen molar-refractivity contribution in [1.82, 2.24) is 0 Å². The van der Waals surface area contributed by atoms with Crippen molar-refractivity contribution < 1.29 is 8.85 Å². The Labute approximate surface area is 109 Å². The molecule has 2 N–H and O–H groups in total. The highest BCUT2D eigenvalue weighted by Crippen LogP contribution is 2.05. The maximum atomic E-state index is 5.89. The van der Waals surface area contributed by atoms with Crippen LogP contribution in [0.5, 0.6) is 0 Å². The highest BCUT2D eigenvalue weighted by molar-refractivity contribution is 6.44. The Morgan fingerprint density at radius 2 is 1.35 bits per heavy atom. The molecule has 0 saturated carbocycles. The third-order valence-corrected chi connectivity index (χ3v) is 4.84. The zero-order valence-corrected chi connectivity index (χ0v) is 12.9. The molecule has 0 amide bonds. The zero-order valence-electron chi connectivity index (χ0n) is 11.7. The van der Waals surface area contributed by atoms with E-state index in [1.165, 1.54) is 38.5 Å². The number of hydrogen-bond donors (Lipinski definition) is 1. The Bertz CT molecular complexity index is 135. The van der Waals surface area contributed by atoms with Gasteiger partial charge in [-0.3, -0.25) is 0 Å². The van der Waals surface area contributed by atoms with E-state index in [-0.39, 0.29) is 0 Å². The lowest BCUT2D eigenvalue weighted by Gasteiger charge is -2.16. The Kier molecular flexibility index (Phi) is 14.2. The van der Waals surface area contributed by atoms with Gasteiger partial charge >= 0.3 is 9.28 Å². The number of unbranched alkanes of at least 4 members (excludes halogenated alkanes) is 4. The summed E-state index contributed by atoms with van der Waals surface area (Å²) >= 11 is 0. The smallest absolute Gasteiger partial charge is 0.321 e. The summed E-state index contributed by atoms with van der Waals surface area (Å²) in [6.45, 7) is 6.93. The second-order valence-corrected chi connectivity index (χ2v) is 6.62. The van der Waals surface area contributed by atoms with E-state index in [0.29, 0.717) is 0 Å². The lowest BCUT2D eigenvalue weighted by atomic mass is 10.3. The first-order valence-corrected chi connectivity index (χ1v) is 9.04. The van der Waals surface area contributed by atoms with Crippen LogP contribution < -0.4 is 5.73 Å². The average molecular weight is 261 g/mol. The van der Waals surface area contributed by atoms with Crippen LogP contribution >= 0.6 is 0 Å². The summed E-state index contributed by atoms with van der Waals surface area (Å²) in [5, 5.41) is 0. The summed E-state index contributed by atoms with van der Waals surface area (Å²) in [6.07, 6.45) is 8.38. The van der Waals surface area contributed by atoms with E-state index in [1.807, 2.05) is 0 Å². The van der Waals surface area contributed by atoms with Crippen molar-refractivity contribution in [3.63, 3.8) is 0 Å². The van der Waals surface area contributed by atoms with Gasteiger partial charge in [0.25, 0.3) is 0 Å². The second-order valence-electron chi connectivity index (χ2n) is 4.52. The molecule has 0 bridgehead atoms. The molecular formula is C13H31NO2Si. The molecule has 0 atom stereocenters. The molecule has 4 heteroatoms. The van der Waals surface area contributed by atoms with E-state index in [1.54, 1.807) is 0 Å². The highest BCUT2D eigenvalue weighted by Gasteiger charge is 2.12. The summed E-state index contributed by atoms with van der Waals surface area (Å²) in [5.74, 6) is 0. The van der Waals surface area contributed by atoms with Crippen LogP contribution in [0.25, 0.3) is 0 Å². The minimum atomic E-state index is -1.42. The molecule has 0 radical (unpaired) electrons. The predicted octanol–water partition coefficient (Wildman–Crippen LogP) is 2.97. The topological polar surface area (TPSA) is 44.5 Å². The van der Waals surface area contributed by atoms with Crippen molar-refractivity contribution in [3.05, 3.63) is 0 Å². The molecule has 0 heterocycles. The molecule has 0 rings (SSSR count). The van der Waals surface area contributed by atoms with Gasteiger partial charge in [-0.15, -0.1) is 0 Å². The molecule has 17 heavy (non-hydrogen) atoms. The van der Waals surface area contributed by atoms with Crippen molar-refractivity contribution in [2.24, 2.45) is 5.73 Å². The minimum absolute atomic E-state index is 0.750. The molecule has 0 spiro atoms. The molecule has 0 aromatic heterocycles. The van der Waals surface area contributed by atoms with E-state index < -0.39 is 9.28 Å². The average Bonchev–Trinajstić information content (AvgIpc) is 2.35. The van der Waals surface area contributed by atoms with Gasteiger partial charge in [0.1, 0.15) is 0 Å². The van der Waals surface area contributed by atoms with Crippen molar-refractivity contribution in [2.45, 2.75) is 64.8 Å². The predicted molar refractivity (Wildman–Crippen MR) is 76.6 cm³/mol. The SMILES string of the molecule is CCCCCO[SiH](CCCN)OCCCCC. The Morgan fingerprint density at radius 3 is 1.76 bits per heavy atom. The lowest BCUT2D eigenvalue weighted by Crippen LogP contribution is -2.25. The molecule has 0 aromatic carbocycles. The fourth-order valence-electron chi connectivity index (χ4n) is 1.63. The van der Waals surface area contributed by atoms with Gasteiger partial charge in [0.15, 0.2) is 0 Å². The lowest BCUT2D eigenvalue weighted by molar-refractivity contribution is 0.189. The van der Waals surface area contributed by atoms with Gasteiger partial charge in [-0.1, -0.05) is 39.5 Å². The summed E-state index contributed by atoms with van der Waals surface area (Å²) in [4.78, 5) is 0. The van der Waals surface area contributed by atoms with Gasteiger partial charge < -0.3 is 14.6 Å². The molecule has 0 fully saturated rings. The molecule has 0 unspecified atom stereocenters. The number of hydrogen-bond acceptors (Lipinski definition) is 3. The molecule has 0 aliphatic rings. The summed E-state index contributed by atoms with van der Waals surface area (Å²) in [5.41, 5.74) is 5.54. The first kappa shape index (κ1) is 17.1. The third kappa shape index (κ3) is 12.3. The van der Waals surface area contributed by atoms with Crippen LogP contribution in [0.2, 0.25) is 6.04 Å².